The summed E-state index contributed by atoms with van der Waals surface area (Å²) < 4.78 is 1.66. The molecule has 0 aliphatic heterocycles. The van der Waals surface area contributed by atoms with Crippen LogP contribution in [0.25, 0.3) is 16.9 Å². The molecule has 8 heteroatoms. The Morgan fingerprint density at radius 3 is 2.50 bits per heavy atom. The van der Waals surface area contributed by atoms with E-state index in [2.05, 4.69) is 25.6 Å². The molecule has 0 saturated carbocycles. The van der Waals surface area contributed by atoms with Gasteiger partial charge in [0.05, 0.1) is 11.9 Å². The minimum Gasteiger partial charge on any atom is -0.396 e. The van der Waals surface area contributed by atoms with Crippen molar-refractivity contribution in [3.63, 3.8) is 0 Å². The fourth-order valence-corrected chi connectivity index (χ4v) is 2.95. The fraction of sp³-hybridized carbons (Fsp3) is 0.200. The van der Waals surface area contributed by atoms with Crippen LogP contribution >= 0.6 is 0 Å². The number of aliphatic hydroxyl groups excluding tert-OH is 2. The molecule has 28 heavy (non-hydrogen) atoms. The Bertz CT molecular complexity index is 1080. The van der Waals surface area contributed by atoms with Crippen molar-refractivity contribution >= 4 is 22.8 Å². The van der Waals surface area contributed by atoms with E-state index >= 15 is 0 Å². The van der Waals surface area contributed by atoms with Crippen LogP contribution < -0.4 is 5.32 Å². The van der Waals surface area contributed by atoms with E-state index in [4.69, 9.17) is 10.2 Å². The maximum absolute atomic E-state index is 9.16. The minimum atomic E-state index is 0.0922. The van der Waals surface area contributed by atoms with Gasteiger partial charge in [0.15, 0.2) is 11.2 Å². The van der Waals surface area contributed by atoms with Gasteiger partial charge in [0.2, 0.25) is 5.95 Å². The number of aliphatic hydroxyl groups is 2. The van der Waals surface area contributed by atoms with Crippen molar-refractivity contribution in [2.75, 3.05) is 18.5 Å². The standard InChI is InChI=1S/C20H20N6O2/c27-10-8-14-4-6-16(7-5-14)22-20-21-13-18-19(23-20)26(25-24-18)17-3-1-2-15(12-17)9-11-28/h1-7,12-13,27-28H,8-11H2,(H,21,22,23). The molecule has 0 fully saturated rings. The molecule has 2 aromatic carbocycles. The minimum absolute atomic E-state index is 0.0922. The van der Waals surface area contributed by atoms with Gasteiger partial charge in [0.1, 0.15) is 0 Å². The van der Waals surface area contributed by atoms with Crippen molar-refractivity contribution in [3.05, 3.63) is 65.9 Å². The maximum atomic E-state index is 9.16. The number of nitrogens with one attached hydrogen (secondary N) is 1. The highest BCUT2D eigenvalue weighted by Gasteiger charge is 2.11. The predicted octanol–water partition coefficient (Wildman–Crippen LogP) is 2.02. The van der Waals surface area contributed by atoms with E-state index in [9.17, 15) is 0 Å². The topological polar surface area (TPSA) is 109 Å². The van der Waals surface area contributed by atoms with Gasteiger partial charge in [-0.05, 0) is 48.2 Å². The fourth-order valence-electron chi connectivity index (χ4n) is 2.95. The number of hydrogen-bond acceptors (Lipinski definition) is 7. The van der Waals surface area contributed by atoms with Gasteiger partial charge in [0.25, 0.3) is 0 Å². The number of nitrogens with zero attached hydrogens (tertiary/aromatic N) is 5. The summed E-state index contributed by atoms with van der Waals surface area (Å²) in [6.07, 6.45) is 2.84. The summed E-state index contributed by atoms with van der Waals surface area (Å²) >= 11 is 0. The molecular formula is C20H20N6O2. The van der Waals surface area contributed by atoms with Crippen molar-refractivity contribution in [2.24, 2.45) is 0 Å². The lowest BCUT2D eigenvalue weighted by Gasteiger charge is -2.07. The van der Waals surface area contributed by atoms with Crippen molar-refractivity contribution in [1.82, 2.24) is 25.0 Å². The van der Waals surface area contributed by atoms with Crippen LogP contribution in [0.1, 0.15) is 11.1 Å². The molecule has 0 bridgehead atoms. The van der Waals surface area contributed by atoms with Crippen molar-refractivity contribution < 1.29 is 10.2 Å². The van der Waals surface area contributed by atoms with Crippen LogP contribution in [0, 0.1) is 0 Å². The first kappa shape index (κ1) is 18.0. The average molecular weight is 376 g/mol. The third-order valence-electron chi connectivity index (χ3n) is 4.36. The van der Waals surface area contributed by atoms with Gasteiger partial charge in [-0.15, -0.1) is 5.10 Å². The smallest absolute Gasteiger partial charge is 0.229 e. The lowest BCUT2D eigenvalue weighted by atomic mass is 10.1. The molecule has 142 valence electrons. The van der Waals surface area contributed by atoms with Crippen LogP contribution in [0.3, 0.4) is 0 Å². The maximum Gasteiger partial charge on any atom is 0.229 e. The van der Waals surface area contributed by atoms with Crippen LogP contribution in [0.5, 0.6) is 0 Å². The highest BCUT2D eigenvalue weighted by Crippen LogP contribution is 2.19. The highest BCUT2D eigenvalue weighted by atomic mass is 16.3. The predicted molar refractivity (Wildman–Crippen MR) is 106 cm³/mol. The molecule has 0 unspecified atom stereocenters. The third-order valence-corrected chi connectivity index (χ3v) is 4.36. The first-order chi connectivity index (χ1) is 13.8. The van der Waals surface area contributed by atoms with E-state index in [0.29, 0.717) is 30.0 Å². The molecule has 0 amide bonds. The molecule has 0 radical (unpaired) electrons. The Kier molecular flexibility index (Phi) is 5.22. The molecule has 0 aliphatic rings. The molecule has 3 N–H and O–H groups in total. The SMILES string of the molecule is OCCc1ccc(Nc2ncc3nnn(-c4cccc(CCO)c4)c3n2)cc1. The van der Waals surface area contributed by atoms with Crippen LogP contribution in [-0.2, 0) is 12.8 Å². The zero-order valence-electron chi connectivity index (χ0n) is 15.2. The molecular weight excluding hydrogens is 356 g/mol. The zero-order chi connectivity index (χ0) is 19.3. The van der Waals surface area contributed by atoms with Gasteiger partial charge in [-0.25, -0.2) is 4.98 Å². The number of hydrogen-bond donors (Lipinski definition) is 3. The Morgan fingerprint density at radius 2 is 1.71 bits per heavy atom. The summed E-state index contributed by atoms with van der Waals surface area (Å²) in [6.45, 7) is 0.220. The summed E-state index contributed by atoms with van der Waals surface area (Å²) in [4.78, 5) is 8.87. The van der Waals surface area contributed by atoms with E-state index in [-0.39, 0.29) is 13.2 Å². The molecule has 0 spiro atoms. The van der Waals surface area contributed by atoms with Crippen molar-refractivity contribution in [3.8, 4) is 5.69 Å². The highest BCUT2D eigenvalue weighted by molar-refractivity contribution is 5.72. The number of anilines is 2. The van der Waals surface area contributed by atoms with E-state index in [1.54, 1.807) is 10.9 Å². The molecule has 4 rings (SSSR count). The van der Waals surface area contributed by atoms with E-state index in [1.807, 2.05) is 48.5 Å². The van der Waals surface area contributed by atoms with Crippen molar-refractivity contribution in [1.29, 1.82) is 0 Å². The Morgan fingerprint density at radius 1 is 0.929 bits per heavy atom. The first-order valence-electron chi connectivity index (χ1n) is 9.02. The summed E-state index contributed by atoms with van der Waals surface area (Å²) in [5.74, 6) is 0.442. The molecule has 0 atom stereocenters. The lowest BCUT2D eigenvalue weighted by Crippen LogP contribution is -2.02. The lowest BCUT2D eigenvalue weighted by molar-refractivity contribution is 0.299. The second-order valence-electron chi connectivity index (χ2n) is 6.34. The van der Waals surface area contributed by atoms with E-state index in [0.717, 1.165) is 22.5 Å². The summed E-state index contributed by atoms with van der Waals surface area (Å²) in [5, 5.41) is 29.7. The van der Waals surface area contributed by atoms with E-state index in [1.165, 1.54) is 0 Å². The van der Waals surface area contributed by atoms with Crippen LogP contribution in [0.4, 0.5) is 11.6 Å². The largest absolute Gasteiger partial charge is 0.396 e. The summed E-state index contributed by atoms with van der Waals surface area (Å²) in [5.41, 5.74) is 4.94. The Hall–Kier alpha value is -3.36. The third kappa shape index (κ3) is 3.83. The second-order valence-corrected chi connectivity index (χ2v) is 6.34. The number of rotatable bonds is 7. The first-order valence-corrected chi connectivity index (χ1v) is 9.02. The average Bonchev–Trinajstić information content (AvgIpc) is 3.13. The monoisotopic (exact) mass is 376 g/mol. The normalized spacial score (nSPS) is 11.1. The van der Waals surface area contributed by atoms with Gasteiger partial charge >= 0.3 is 0 Å². The second kappa shape index (κ2) is 8.12. The van der Waals surface area contributed by atoms with Gasteiger partial charge in [0, 0.05) is 18.9 Å². The van der Waals surface area contributed by atoms with Crippen LogP contribution in [-0.4, -0.2) is 48.4 Å². The molecule has 2 aromatic heterocycles. The number of benzene rings is 2. The van der Waals surface area contributed by atoms with Crippen molar-refractivity contribution in [2.45, 2.75) is 12.8 Å². The van der Waals surface area contributed by atoms with E-state index < -0.39 is 0 Å². The molecule has 2 heterocycles. The Balaban J connectivity index is 1.63. The summed E-state index contributed by atoms with van der Waals surface area (Å²) in [6, 6.07) is 15.5. The summed E-state index contributed by atoms with van der Waals surface area (Å²) in [7, 11) is 0. The quantitative estimate of drug-likeness (QED) is 0.453. The zero-order valence-corrected chi connectivity index (χ0v) is 15.2. The molecule has 4 aromatic rings. The van der Waals surface area contributed by atoms with Gasteiger partial charge in [-0.3, -0.25) is 0 Å². The molecule has 0 saturated heterocycles. The van der Waals surface area contributed by atoms with Crippen LogP contribution in [0.2, 0.25) is 0 Å². The number of aromatic nitrogens is 5. The molecule has 8 nitrogen and oxygen atoms in total. The van der Waals surface area contributed by atoms with Gasteiger partial charge in [-0.2, -0.15) is 9.67 Å². The number of fused-ring (bicyclic) bond motifs is 1. The van der Waals surface area contributed by atoms with Crippen LogP contribution in [0.15, 0.2) is 54.7 Å². The van der Waals surface area contributed by atoms with Gasteiger partial charge < -0.3 is 15.5 Å². The van der Waals surface area contributed by atoms with Gasteiger partial charge in [-0.1, -0.05) is 29.5 Å². The molecule has 0 aliphatic carbocycles. The Labute approximate surface area is 161 Å².